The fraction of sp³-hybridized carbons (Fsp3) is 0.857. The smallest absolute Gasteiger partial charge is 0.394 e. The molecule has 1 amide bonds. The summed E-state index contributed by atoms with van der Waals surface area (Å²) in [5.41, 5.74) is -0.667. The topological polar surface area (TPSA) is 66.8 Å². The summed E-state index contributed by atoms with van der Waals surface area (Å²) in [6.45, 7) is -0.564. The number of carbonyl (C=O) groups is 2. The van der Waals surface area contributed by atoms with Crippen molar-refractivity contribution in [1.82, 2.24) is 4.90 Å². The SMILES string of the molecule is COCCC1(C(=O)N2C[C@@H](C(F)(F)F)[C@H](C(=O)O)C2)CCC1. The van der Waals surface area contributed by atoms with Crippen LogP contribution in [0.1, 0.15) is 25.7 Å². The van der Waals surface area contributed by atoms with Crippen LogP contribution >= 0.6 is 0 Å². The highest BCUT2D eigenvalue weighted by Crippen LogP contribution is 2.47. The molecule has 1 aliphatic carbocycles. The first-order valence-electron chi connectivity index (χ1n) is 7.29. The predicted octanol–water partition coefficient (Wildman–Crippen LogP) is 1.91. The first-order chi connectivity index (χ1) is 10.2. The first-order valence-corrected chi connectivity index (χ1v) is 7.29. The fourth-order valence-electron chi connectivity index (χ4n) is 3.36. The average molecular weight is 323 g/mol. The highest BCUT2D eigenvalue weighted by atomic mass is 19.4. The van der Waals surface area contributed by atoms with Crippen molar-refractivity contribution in [3.8, 4) is 0 Å². The molecule has 22 heavy (non-hydrogen) atoms. The second-order valence-electron chi connectivity index (χ2n) is 6.18. The highest BCUT2D eigenvalue weighted by molar-refractivity contribution is 5.85. The van der Waals surface area contributed by atoms with Gasteiger partial charge in [0.2, 0.25) is 5.91 Å². The molecular weight excluding hydrogens is 303 g/mol. The number of amides is 1. The number of hydrogen-bond acceptors (Lipinski definition) is 3. The summed E-state index contributed by atoms with van der Waals surface area (Å²) in [6, 6.07) is 0. The highest BCUT2D eigenvalue weighted by Gasteiger charge is 2.56. The summed E-state index contributed by atoms with van der Waals surface area (Å²) in [5.74, 6) is -5.43. The minimum Gasteiger partial charge on any atom is -0.481 e. The van der Waals surface area contributed by atoms with Crippen LogP contribution in [-0.2, 0) is 14.3 Å². The largest absolute Gasteiger partial charge is 0.481 e. The van der Waals surface area contributed by atoms with Crippen LogP contribution < -0.4 is 0 Å². The van der Waals surface area contributed by atoms with Gasteiger partial charge in [-0.1, -0.05) is 6.42 Å². The van der Waals surface area contributed by atoms with Crippen molar-refractivity contribution in [2.24, 2.45) is 17.3 Å². The van der Waals surface area contributed by atoms with E-state index in [0.29, 0.717) is 25.9 Å². The molecule has 0 bridgehead atoms. The molecule has 0 radical (unpaired) electrons. The number of rotatable bonds is 5. The Balaban J connectivity index is 2.12. The molecule has 0 aromatic rings. The number of carboxylic acid groups (broad SMARTS) is 1. The number of carboxylic acids is 1. The predicted molar refractivity (Wildman–Crippen MR) is 70.0 cm³/mol. The van der Waals surface area contributed by atoms with Gasteiger partial charge in [0.05, 0.1) is 17.3 Å². The number of carbonyl (C=O) groups excluding carboxylic acids is 1. The second kappa shape index (κ2) is 6.06. The Morgan fingerprint density at radius 3 is 2.32 bits per heavy atom. The Bertz CT molecular complexity index is 448. The molecule has 126 valence electrons. The third-order valence-corrected chi connectivity index (χ3v) is 4.89. The van der Waals surface area contributed by atoms with Crippen LogP contribution in [0.3, 0.4) is 0 Å². The van der Waals surface area contributed by atoms with Crippen molar-refractivity contribution in [2.45, 2.75) is 31.9 Å². The molecule has 5 nitrogen and oxygen atoms in total. The number of aliphatic carboxylic acids is 1. The fourth-order valence-corrected chi connectivity index (χ4v) is 3.36. The molecule has 2 rings (SSSR count). The minimum atomic E-state index is -4.61. The summed E-state index contributed by atoms with van der Waals surface area (Å²) in [5, 5.41) is 9.00. The Kier molecular flexibility index (Phi) is 4.70. The summed E-state index contributed by atoms with van der Waals surface area (Å²) in [6.07, 6.45) is -2.04. The van der Waals surface area contributed by atoms with Crippen molar-refractivity contribution in [3.63, 3.8) is 0 Å². The van der Waals surface area contributed by atoms with Crippen LogP contribution in [-0.4, -0.2) is 54.9 Å². The average Bonchev–Trinajstić information content (AvgIpc) is 2.82. The summed E-state index contributed by atoms with van der Waals surface area (Å²) >= 11 is 0. The quantitative estimate of drug-likeness (QED) is 0.839. The molecule has 8 heteroatoms. The van der Waals surface area contributed by atoms with Crippen molar-refractivity contribution < 1.29 is 32.6 Å². The molecular formula is C14H20F3NO4. The molecule has 0 aromatic heterocycles. The van der Waals surface area contributed by atoms with E-state index in [1.807, 2.05) is 0 Å². The molecule has 1 saturated heterocycles. The van der Waals surface area contributed by atoms with Crippen molar-refractivity contribution in [1.29, 1.82) is 0 Å². The zero-order valence-electron chi connectivity index (χ0n) is 12.4. The van der Waals surface area contributed by atoms with E-state index in [0.717, 1.165) is 11.3 Å². The molecule has 0 unspecified atom stereocenters. The van der Waals surface area contributed by atoms with E-state index in [1.165, 1.54) is 7.11 Å². The molecule has 0 aromatic carbocycles. The van der Waals surface area contributed by atoms with Crippen LogP contribution in [0.2, 0.25) is 0 Å². The van der Waals surface area contributed by atoms with Gasteiger partial charge < -0.3 is 14.7 Å². The first kappa shape index (κ1) is 17.1. The van der Waals surface area contributed by atoms with E-state index >= 15 is 0 Å². The molecule has 1 saturated carbocycles. The Morgan fingerprint density at radius 1 is 1.32 bits per heavy atom. The Labute approximate surface area is 126 Å². The number of nitrogens with zero attached hydrogens (tertiary/aromatic N) is 1. The van der Waals surface area contributed by atoms with Crippen molar-refractivity contribution in [3.05, 3.63) is 0 Å². The number of ether oxygens (including phenoxy) is 1. The molecule has 0 spiro atoms. The number of halogens is 3. The van der Waals surface area contributed by atoms with E-state index in [-0.39, 0.29) is 12.5 Å². The number of likely N-dealkylation sites (tertiary alicyclic amines) is 1. The van der Waals surface area contributed by atoms with Gasteiger partial charge in [0.1, 0.15) is 0 Å². The van der Waals surface area contributed by atoms with Gasteiger partial charge in [0, 0.05) is 26.8 Å². The van der Waals surface area contributed by atoms with E-state index in [4.69, 9.17) is 9.84 Å². The van der Waals surface area contributed by atoms with Crippen LogP contribution in [0, 0.1) is 17.3 Å². The van der Waals surface area contributed by atoms with E-state index < -0.39 is 35.9 Å². The van der Waals surface area contributed by atoms with E-state index in [1.54, 1.807) is 0 Å². The molecule has 2 fully saturated rings. The lowest BCUT2D eigenvalue weighted by Gasteiger charge is -2.42. The van der Waals surface area contributed by atoms with Gasteiger partial charge >= 0.3 is 12.1 Å². The maximum Gasteiger partial charge on any atom is 0.394 e. The maximum atomic E-state index is 13.0. The summed E-state index contributed by atoms with van der Waals surface area (Å²) in [4.78, 5) is 24.8. The van der Waals surface area contributed by atoms with Crippen molar-refractivity contribution >= 4 is 11.9 Å². The third kappa shape index (κ3) is 3.06. The van der Waals surface area contributed by atoms with Gasteiger partial charge in [-0.3, -0.25) is 9.59 Å². The monoisotopic (exact) mass is 323 g/mol. The Morgan fingerprint density at radius 2 is 1.95 bits per heavy atom. The summed E-state index contributed by atoms with van der Waals surface area (Å²) in [7, 11) is 1.51. The lowest BCUT2D eigenvalue weighted by Crippen LogP contribution is -2.48. The van der Waals surface area contributed by atoms with Gasteiger partial charge in [-0.05, 0) is 19.3 Å². The van der Waals surface area contributed by atoms with Crippen molar-refractivity contribution in [2.75, 3.05) is 26.8 Å². The Hall–Kier alpha value is -1.31. The van der Waals surface area contributed by atoms with Crippen LogP contribution in [0.4, 0.5) is 13.2 Å². The zero-order chi connectivity index (χ0) is 16.5. The third-order valence-electron chi connectivity index (χ3n) is 4.89. The van der Waals surface area contributed by atoms with Gasteiger partial charge in [-0.25, -0.2) is 0 Å². The molecule has 1 aliphatic heterocycles. The number of hydrogen-bond donors (Lipinski definition) is 1. The zero-order valence-corrected chi connectivity index (χ0v) is 12.4. The van der Waals surface area contributed by atoms with E-state index in [2.05, 4.69) is 0 Å². The maximum absolute atomic E-state index is 13.0. The molecule has 2 atom stereocenters. The molecule has 1 N–H and O–H groups in total. The standard InChI is InChI=1S/C14H20F3NO4/c1-22-6-5-13(3-2-4-13)12(21)18-7-9(11(19)20)10(8-18)14(15,16)17/h9-10H,2-8H2,1H3,(H,19,20)/t9-,10-/m1/s1. The minimum absolute atomic E-state index is 0.353. The van der Waals surface area contributed by atoms with Crippen LogP contribution in [0.25, 0.3) is 0 Å². The normalized spacial score (nSPS) is 27.5. The lowest BCUT2D eigenvalue weighted by atomic mass is 9.66. The molecule has 2 aliphatic rings. The van der Waals surface area contributed by atoms with Gasteiger partial charge in [-0.15, -0.1) is 0 Å². The second-order valence-corrected chi connectivity index (χ2v) is 6.18. The lowest BCUT2D eigenvalue weighted by molar-refractivity contribution is -0.188. The van der Waals surface area contributed by atoms with Crippen LogP contribution in [0.5, 0.6) is 0 Å². The summed E-state index contributed by atoms with van der Waals surface area (Å²) < 4.78 is 43.9. The van der Waals surface area contributed by atoms with E-state index in [9.17, 15) is 22.8 Å². The van der Waals surface area contributed by atoms with Gasteiger partial charge in [-0.2, -0.15) is 13.2 Å². The molecule has 1 heterocycles. The van der Waals surface area contributed by atoms with Gasteiger partial charge in [0.25, 0.3) is 0 Å². The van der Waals surface area contributed by atoms with Crippen LogP contribution in [0.15, 0.2) is 0 Å². The van der Waals surface area contributed by atoms with Gasteiger partial charge in [0.15, 0.2) is 0 Å². The number of alkyl halides is 3. The number of methoxy groups -OCH3 is 1.